The minimum Gasteiger partial charge on any atom is -0.481 e. The van der Waals surface area contributed by atoms with E-state index in [0.717, 1.165) is 12.0 Å². The highest BCUT2D eigenvalue weighted by Gasteiger charge is 2.51. The molecule has 5 atom stereocenters. The molecule has 1 aromatic rings. The number of nitrogens with one attached hydrogen (secondary N) is 1. The molecular formula is C17H17Cl2NO3. The second-order valence-corrected chi connectivity index (χ2v) is 7.00. The van der Waals surface area contributed by atoms with Crippen LogP contribution in [0, 0.1) is 23.7 Å². The zero-order valence-electron chi connectivity index (χ0n) is 12.5. The van der Waals surface area contributed by atoms with Gasteiger partial charge in [0, 0.05) is 0 Å². The van der Waals surface area contributed by atoms with Crippen LogP contribution >= 0.6 is 23.2 Å². The molecule has 4 nitrogen and oxygen atoms in total. The molecule has 1 aromatic carbocycles. The van der Waals surface area contributed by atoms with Crippen molar-refractivity contribution in [3.8, 4) is 0 Å². The number of allylic oxidation sites excluding steroid dienone is 2. The number of fused-ring (bicyclic) bond motifs is 2. The van der Waals surface area contributed by atoms with E-state index >= 15 is 0 Å². The van der Waals surface area contributed by atoms with Crippen molar-refractivity contribution in [1.82, 2.24) is 5.32 Å². The molecule has 1 fully saturated rings. The molecule has 6 heteroatoms. The van der Waals surface area contributed by atoms with Gasteiger partial charge in [0.15, 0.2) is 0 Å². The van der Waals surface area contributed by atoms with Crippen molar-refractivity contribution < 1.29 is 14.7 Å². The van der Waals surface area contributed by atoms with Crippen molar-refractivity contribution in [2.75, 3.05) is 0 Å². The molecule has 0 aromatic heterocycles. The SMILES string of the molecule is CC(NC(=O)C1C2C=CC(C2)C1C(=O)O)c1cccc(Cl)c1Cl. The molecule has 2 aliphatic carbocycles. The van der Waals surface area contributed by atoms with Gasteiger partial charge in [0.1, 0.15) is 0 Å². The summed E-state index contributed by atoms with van der Waals surface area (Å²) < 4.78 is 0. The highest BCUT2D eigenvalue weighted by atomic mass is 35.5. The van der Waals surface area contributed by atoms with Crippen LogP contribution in [0.1, 0.15) is 24.9 Å². The molecule has 5 unspecified atom stereocenters. The van der Waals surface area contributed by atoms with Crippen molar-refractivity contribution in [2.45, 2.75) is 19.4 Å². The third-order valence-electron chi connectivity index (χ3n) is 4.85. The summed E-state index contributed by atoms with van der Waals surface area (Å²) in [6.45, 7) is 1.81. The number of aliphatic carboxylic acids is 1. The standard InChI is InChI=1S/C17H17Cl2NO3/c1-8(11-3-2-4-12(18)15(11)19)20-16(21)13-9-5-6-10(7-9)14(13)17(22)23/h2-6,8-10,13-14H,7H2,1H3,(H,20,21)(H,22,23). The Morgan fingerprint density at radius 1 is 1.22 bits per heavy atom. The van der Waals surface area contributed by atoms with E-state index < -0.39 is 17.8 Å². The summed E-state index contributed by atoms with van der Waals surface area (Å²) in [6.07, 6.45) is 4.62. The lowest BCUT2D eigenvalue weighted by Crippen LogP contribution is -2.41. The Morgan fingerprint density at radius 2 is 1.87 bits per heavy atom. The molecule has 2 bridgehead atoms. The normalized spacial score (nSPS) is 29.5. The predicted molar refractivity (Wildman–Crippen MR) is 88.4 cm³/mol. The van der Waals surface area contributed by atoms with E-state index in [2.05, 4.69) is 5.32 Å². The molecule has 0 heterocycles. The maximum absolute atomic E-state index is 12.6. The molecule has 0 spiro atoms. The number of rotatable bonds is 4. The Hall–Kier alpha value is -1.52. The summed E-state index contributed by atoms with van der Waals surface area (Å²) in [7, 11) is 0. The number of benzene rings is 1. The summed E-state index contributed by atoms with van der Waals surface area (Å²) in [5.74, 6) is -2.36. The summed E-state index contributed by atoms with van der Waals surface area (Å²) in [5.41, 5.74) is 0.720. The zero-order chi connectivity index (χ0) is 16.7. The summed E-state index contributed by atoms with van der Waals surface area (Å²) in [4.78, 5) is 24.2. The maximum atomic E-state index is 12.6. The fourth-order valence-corrected chi connectivity index (χ4v) is 4.23. The van der Waals surface area contributed by atoms with Gasteiger partial charge in [0.2, 0.25) is 5.91 Å². The summed E-state index contributed by atoms with van der Waals surface area (Å²) in [6, 6.07) is 4.91. The van der Waals surface area contributed by atoms with E-state index in [1.807, 2.05) is 19.1 Å². The fraction of sp³-hybridized carbons (Fsp3) is 0.412. The van der Waals surface area contributed by atoms with Crippen molar-refractivity contribution >= 4 is 35.1 Å². The molecule has 2 N–H and O–H groups in total. The molecule has 0 aliphatic heterocycles. The van der Waals surface area contributed by atoms with Crippen LogP contribution in [0.25, 0.3) is 0 Å². The maximum Gasteiger partial charge on any atom is 0.307 e. The third kappa shape index (κ3) is 2.86. The van der Waals surface area contributed by atoms with Crippen LogP contribution in [0.4, 0.5) is 0 Å². The van der Waals surface area contributed by atoms with Crippen LogP contribution in [0.15, 0.2) is 30.4 Å². The minimum absolute atomic E-state index is 0.00290. The minimum atomic E-state index is -0.907. The summed E-state index contributed by atoms with van der Waals surface area (Å²) >= 11 is 12.2. The number of halogens is 2. The van der Waals surface area contributed by atoms with Crippen LogP contribution in [0.2, 0.25) is 10.0 Å². The fourth-order valence-electron chi connectivity index (χ4n) is 3.76. The second-order valence-electron chi connectivity index (χ2n) is 6.21. The smallest absolute Gasteiger partial charge is 0.307 e. The van der Waals surface area contributed by atoms with Crippen LogP contribution in [0.3, 0.4) is 0 Å². The van der Waals surface area contributed by atoms with E-state index in [9.17, 15) is 14.7 Å². The highest BCUT2D eigenvalue weighted by Crippen LogP contribution is 2.48. The second kappa shape index (κ2) is 6.17. The van der Waals surface area contributed by atoms with Gasteiger partial charge in [-0.2, -0.15) is 0 Å². The molecule has 1 amide bonds. The number of carbonyl (C=O) groups is 2. The van der Waals surface area contributed by atoms with E-state index in [1.165, 1.54) is 0 Å². The van der Waals surface area contributed by atoms with Gasteiger partial charge < -0.3 is 10.4 Å². The number of hydrogen-bond acceptors (Lipinski definition) is 2. The Bertz CT molecular complexity index is 688. The number of carboxylic acid groups (broad SMARTS) is 1. The number of amides is 1. The lowest BCUT2D eigenvalue weighted by Gasteiger charge is -2.26. The van der Waals surface area contributed by atoms with Crippen molar-refractivity contribution in [2.24, 2.45) is 23.7 Å². The number of carboxylic acids is 1. The molecule has 0 saturated heterocycles. The van der Waals surface area contributed by atoms with Crippen LogP contribution in [-0.2, 0) is 9.59 Å². The third-order valence-corrected chi connectivity index (χ3v) is 5.69. The van der Waals surface area contributed by atoms with Gasteiger partial charge in [0.25, 0.3) is 0 Å². The average Bonchev–Trinajstić information content (AvgIpc) is 3.10. The van der Waals surface area contributed by atoms with E-state index in [1.54, 1.807) is 18.2 Å². The van der Waals surface area contributed by atoms with E-state index in [-0.39, 0.29) is 23.8 Å². The largest absolute Gasteiger partial charge is 0.481 e. The monoisotopic (exact) mass is 353 g/mol. The van der Waals surface area contributed by atoms with Gasteiger partial charge in [-0.15, -0.1) is 0 Å². The molecule has 122 valence electrons. The lowest BCUT2D eigenvalue weighted by atomic mass is 9.82. The molecule has 2 aliphatic rings. The van der Waals surface area contributed by atoms with Crippen molar-refractivity contribution in [1.29, 1.82) is 0 Å². The van der Waals surface area contributed by atoms with Crippen LogP contribution in [-0.4, -0.2) is 17.0 Å². The van der Waals surface area contributed by atoms with Crippen LogP contribution in [0.5, 0.6) is 0 Å². The zero-order valence-corrected chi connectivity index (χ0v) is 14.0. The van der Waals surface area contributed by atoms with Crippen molar-refractivity contribution in [3.05, 3.63) is 46.0 Å². The van der Waals surface area contributed by atoms with Gasteiger partial charge >= 0.3 is 5.97 Å². The van der Waals surface area contributed by atoms with E-state index in [0.29, 0.717) is 10.0 Å². The van der Waals surface area contributed by atoms with Gasteiger partial charge in [0.05, 0.1) is 27.9 Å². The molecule has 23 heavy (non-hydrogen) atoms. The van der Waals surface area contributed by atoms with Crippen molar-refractivity contribution in [3.63, 3.8) is 0 Å². The Labute approximate surface area is 144 Å². The van der Waals surface area contributed by atoms with E-state index in [4.69, 9.17) is 23.2 Å². The van der Waals surface area contributed by atoms with Gasteiger partial charge in [-0.05, 0) is 36.8 Å². The molecule has 0 radical (unpaired) electrons. The molecule has 3 rings (SSSR count). The predicted octanol–water partition coefficient (Wildman–Crippen LogP) is 3.69. The first-order valence-corrected chi connectivity index (χ1v) is 8.31. The topological polar surface area (TPSA) is 66.4 Å². The first-order valence-electron chi connectivity index (χ1n) is 7.55. The Morgan fingerprint density at radius 3 is 2.52 bits per heavy atom. The Kier molecular flexibility index (Phi) is 4.39. The average molecular weight is 354 g/mol. The van der Waals surface area contributed by atoms with Gasteiger partial charge in [-0.3, -0.25) is 9.59 Å². The summed E-state index contributed by atoms with van der Waals surface area (Å²) in [5, 5.41) is 13.2. The number of hydrogen-bond donors (Lipinski definition) is 2. The highest BCUT2D eigenvalue weighted by molar-refractivity contribution is 6.42. The van der Waals surface area contributed by atoms with Gasteiger partial charge in [-0.1, -0.05) is 47.5 Å². The first-order chi connectivity index (χ1) is 10.9. The lowest BCUT2D eigenvalue weighted by molar-refractivity contribution is -0.148. The molecule has 1 saturated carbocycles. The quantitative estimate of drug-likeness (QED) is 0.811. The Balaban J connectivity index is 1.77. The first kappa shape index (κ1) is 16.3. The van der Waals surface area contributed by atoms with Gasteiger partial charge in [-0.25, -0.2) is 0 Å². The number of carbonyl (C=O) groups excluding carboxylic acids is 1. The van der Waals surface area contributed by atoms with Crippen LogP contribution < -0.4 is 5.32 Å². The molecular weight excluding hydrogens is 337 g/mol.